The number of para-hydroxylation sites is 1. The minimum atomic E-state index is -1.17. The van der Waals surface area contributed by atoms with Gasteiger partial charge in [0.2, 0.25) is 0 Å². The van der Waals surface area contributed by atoms with Gasteiger partial charge in [-0.15, -0.1) is 0 Å². The van der Waals surface area contributed by atoms with Gasteiger partial charge in [0, 0.05) is 23.1 Å². The molecule has 1 aliphatic heterocycles. The number of aromatic nitrogens is 1. The van der Waals surface area contributed by atoms with Crippen molar-refractivity contribution in [1.29, 1.82) is 0 Å². The monoisotopic (exact) mass is 318 g/mol. The SMILES string of the molecule is Cc1[nH]c2ccccc2c1CCNC(=O)C1(O)CCSCC1. The van der Waals surface area contributed by atoms with Crippen molar-refractivity contribution in [1.82, 2.24) is 10.3 Å². The van der Waals surface area contributed by atoms with Crippen LogP contribution in [0.1, 0.15) is 24.1 Å². The molecule has 22 heavy (non-hydrogen) atoms. The molecule has 0 bridgehead atoms. The van der Waals surface area contributed by atoms with Gasteiger partial charge in [-0.3, -0.25) is 4.79 Å². The number of aromatic amines is 1. The van der Waals surface area contributed by atoms with Crippen molar-refractivity contribution in [2.45, 2.75) is 31.8 Å². The number of amides is 1. The van der Waals surface area contributed by atoms with E-state index in [0.717, 1.165) is 29.1 Å². The quantitative estimate of drug-likeness (QED) is 0.811. The first-order chi connectivity index (χ1) is 10.6. The molecule has 1 aliphatic rings. The average molecular weight is 318 g/mol. The highest BCUT2D eigenvalue weighted by molar-refractivity contribution is 7.99. The summed E-state index contributed by atoms with van der Waals surface area (Å²) in [4.78, 5) is 15.6. The van der Waals surface area contributed by atoms with Crippen LogP contribution in [0.4, 0.5) is 0 Å². The molecule has 0 atom stereocenters. The zero-order chi connectivity index (χ0) is 15.6. The number of aliphatic hydroxyl groups is 1. The molecule has 5 heteroatoms. The van der Waals surface area contributed by atoms with Crippen LogP contribution in [0.3, 0.4) is 0 Å². The third-order valence-corrected chi connectivity index (χ3v) is 5.42. The van der Waals surface area contributed by atoms with E-state index >= 15 is 0 Å². The van der Waals surface area contributed by atoms with E-state index in [4.69, 9.17) is 0 Å². The van der Waals surface area contributed by atoms with Gasteiger partial charge in [-0.2, -0.15) is 11.8 Å². The molecule has 1 amide bonds. The summed E-state index contributed by atoms with van der Waals surface area (Å²) in [7, 11) is 0. The number of thioether (sulfide) groups is 1. The molecule has 3 N–H and O–H groups in total. The maximum atomic E-state index is 12.2. The Kier molecular flexibility index (Phi) is 4.45. The smallest absolute Gasteiger partial charge is 0.252 e. The molecule has 0 saturated carbocycles. The normalized spacial score (nSPS) is 17.5. The van der Waals surface area contributed by atoms with Crippen molar-refractivity contribution in [3.8, 4) is 0 Å². The van der Waals surface area contributed by atoms with E-state index in [1.165, 1.54) is 10.9 Å². The van der Waals surface area contributed by atoms with Crippen molar-refractivity contribution in [2.75, 3.05) is 18.1 Å². The standard InChI is InChI=1S/C17H22N2O2S/c1-12-13(14-4-2-3-5-15(14)19-12)6-9-18-16(20)17(21)7-10-22-11-8-17/h2-5,19,21H,6-11H2,1H3,(H,18,20). The number of carbonyl (C=O) groups excluding carboxylic acids is 1. The third kappa shape index (κ3) is 3.01. The zero-order valence-corrected chi connectivity index (χ0v) is 13.6. The predicted octanol–water partition coefficient (Wildman–Crippen LogP) is 2.39. The van der Waals surface area contributed by atoms with E-state index in [0.29, 0.717) is 19.4 Å². The average Bonchev–Trinajstić information content (AvgIpc) is 2.84. The molecule has 3 rings (SSSR count). The summed E-state index contributed by atoms with van der Waals surface area (Å²) in [6.07, 6.45) is 1.87. The molecule has 1 aromatic heterocycles. The molecule has 4 nitrogen and oxygen atoms in total. The highest BCUT2D eigenvalue weighted by Crippen LogP contribution is 2.27. The van der Waals surface area contributed by atoms with Crippen molar-refractivity contribution in [3.63, 3.8) is 0 Å². The van der Waals surface area contributed by atoms with E-state index in [2.05, 4.69) is 29.4 Å². The molecule has 0 spiro atoms. The fourth-order valence-electron chi connectivity index (χ4n) is 3.06. The molecule has 1 saturated heterocycles. The minimum absolute atomic E-state index is 0.217. The van der Waals surface area contributed by atoms with Crippen LogP contribution >= 0.6 is 11.8 Å². The van der Waals surface area contributed by atoms with Gasteiger partial charge < -0.3 is 15.4 Å². The molecule has 118 valence electrons. The van der Waals surface area contributed by atoms with Crippen LogP contribution in [-0.4, -0.2) is 39.6 Å². The molecule has 0 aliphatic carbocycles. The van der Waals surface area contributed by atoms with Gasteiger partial charge in [-0.05, 0) is 49.3 Å². The van der Waals surface area contributed by atoms with E-state index in [1.54, 1.807) is 11.8 Å². The van der Waals surface area contributed by atoms with E-state index in [-0.39, 0.29) is 5.91 Å². The van der Waals surface area contributed by atoms with Crippen LogP contribution in [0, 0.1) is 6.92 Å². The van der Waals surface area contributed by atoms with Crippen LogP contribution in [0.5, 0.6) is 0 Å². The fraction of sp³-hybridized carbons (Fsp3) is 0.471. The third-order valence-electron chi connectivity index (χ3n) is 4.43. The number of H-pyrrole nitrogens is 1. The number of aryl methyl sites for hydroxylation is 1. The molecule has 2 heterocycles. The van der Waals surface area contributed by atoms with Crippen LogP contribution in [0.15, 0.2) is 24.3 Å². The second-order valence-electron chi connectivity index (χ2n) is 5.92. The second kappa shape index (κ2) is 6.34. The molecule has 0 unspecified atom stereocenters. The Hall–Kier alpha value is -1.46. The van der Waals surface area contributed by atoms with Gasteiger partial charge in [-0.1, -0.05) is 18.2 Å². The van der Waals surface area contributed by atoms with E-state index in [1.807, 2.05) is 12.1 Å². The van der Waals surface area contributed by atoms with Gasteiger partial charge in [0.25, 0.3) is 5.91 Å². The second-order valence-corrected chi connectivity index (χ2v) is 7.15. The molecule has 2 aromatic rings. The maximum absolute atomic E-state index is 12.2. The van der Waals surface area contributed by atoms with Gasteiger partial charge >= 0.3 is 0 Å². The fourth-order valence-corrected chi connectivity index (χ4v) is 4.23. The predicted molar refractivity (Wildman–Crippen MR) is 91.3 cm³/mol. The number of carbonyl (C=O) groups is 1. The first kappa shape index (κ1) is 15.4. The van der Waals surface area contributed by atoms with E-state index in [9.17, 15) is 9.90 Å². The van der Waals surface area contributed by atoms with Crippen molar-refractivity contribution < 1.29 is 9.90 Å². The number of hydrogen-bond acceptors (Lipinski definition) is 3. The Balaban J connectivity index is 1.62. The highest BCUT2D eigenvalue weighted by Gasteiger charge is 2.36. The lowest BCUT2D eigenvalue weighted by molar-refractivity contribution is -0.140. The minimum Gasteiger partial charge on any atom is -0.380 e. The molecule has 0 radical (unpaired) electrons. The number of nitrogens with one attached hydrogen (secondary N) is 2. The maximum Gasteiger partial charge on any atom is 0.252 e. The lowest BCUT2D eigenvalue weighted by Crippen LogP contribution is -2.49. The summed E-state index contributed by atoms with van der Waals surface area (Å²) in [6.45, 7) is 2.61. The Morgan fingerprint density at radius 3 is 2.86 bits per heavy atom. The number of fused-ring (bicyclic) bond motifs is 1. The van der Waals surface area contributed by atoms with Crippen molar-refractivity contribution >= 4 is 28.6 Å². The Morgan fingerprint density at radius 2 is 2.09 bits per heavy atom. The van der Waals surface area contributed by atoms with Crippen LogP contribution < -0.4 is 5.32 Å². The number of hydrogen-bond donors (Lipinski definition) is 3. The highest BCUT2D eigenvalue weighted by atomic mass is 32.2. The summed E-state index contributed by atoms with van der Waals surface area (Å²) in [5, 5.41) is 14.5. The molecule has 1 fully saturated rings. The summed E-state index contributed by atoms with van der Waals surface area (Å²) in [5.74, 6) is 1.49. The lowest BCUT2D eigenvalue weighted by Gasteiger charge is -2.30. The largest absolute Gasteiger partial charge is 0.380 e. The van der Waals surface area contributed by atoms with Crippen molar-refractivity contribution in [2.24, 2.45) is 0 Å². The zero-order valence-electron chi connectivity index (χ0n) is 12.8. The van der Waals surface area contributed by atoms with Gasteiger partial charge in [0.1, 0.15) is 5.60 Å². The van der Waals surface area contributed by atoms with Gasteiger partial charge in [0.05, 0.1) is 0 Å². The molecular weight excluding hydrogens is 296 g/mol. The molecular formula is C17H22N2O2S. The van der Waals surface area contributed by atoms with Gasteiger partial charge in [-0.25, -0.2) is 0 Å². The van der Waals surface area contributed by atoms with Crippen molar-refractivity contribution in [3.05, 3.63) is 35.5 Å². The lowest BCUT2D eigenvalue weighted by atomic mass is 9.95. The number of benzene rings is 1. The first-order valence-electron chi connectivity index (χ1n) is 7.75. The summed E-state index contributed by atoms with van der Waals surface area (Å²) in [5.41, 5.74) is 2.34. The Labute approximate surface area is 134 Å². The summed E-state index contributed by atoms with van der Waals surface area (Å²) >= 11 is 1.80. The van der Waals surface area contributed by atoms with E-state index < -0.39 is 5.60 Å². The number of rotatable bonds is 4. The first-order valence-corrected chi connectivity index (χ1v) is 8.90. The van der Waals surface area contributed by atoms with Crippen LogP contribution in [-0.2, 0) is 11.2 Å². The Morgan fingerprint density at radius 1 is 1.36 bits per heavy atom. The van der Waals surface area contributed by atoms with Gasteiger partial charge in [0.15, 0.2) is 0 Å². The summed E-state index contributed by atoms with van der Waals surface area (Å²) in [6, 6.07) is 8.20. The summed E-state index contributed by atoms with van der Waals surface area (Å²) < 4.78 is 0. The molecule has 1 aromatic carbocycles. The van der Waals surface area contributed by atoms with Crippen LogP contribution in [0.2, 0.25) is 0 Å². The Bertz CT molecular complexity index is 674. The topological polar surface area (TPSA) is 65.1 Å². The van der Waals surface area contributed by atoms with Crippen LogP contribution in [0.25, 0.3) is 10.9 Å².